The number of aryl methyl sites for hydroxylation is 2. The van der Waals surface area contributed by atoms with E-state index in [1.54, 1.807) is 16.2 Å². The first-order chi connectivity index (χ1) is 12.8. The summed E-state index contributed by atoms with van der Waals surface area (Å²) < 4.78 is 2.98. The van der Waals surface area contributed by atoms with Crippen molar-refractivity contribution in [2.24, 2.45) is 0 Å². The Labute approximate surface area is 164 Å². The molecule has 0 bridgehead atoms. The van der Waals surface area contributed by atoms with Gasteiger partial charge in [0.05, 0.1) is 10.2 Å². The van der Waals surface area contributed by atoms with Gasteiger partial charge in [0.25, 0.3) is 5.91 Å². The molecule has 3 aromatic rings. The zero-order valence-corrected chi connectivity index (χ0v) is 17.7. The fourth-order valence-electron chi connectivity index (χ4n) is 3.03. The van der Waals surface area contributed by atoms with Crippen LogP contribution in [0.15, 0.2) is 24.3 Å². The van der Waals surface area contributed by atoms with Crippen molar-refractivity contribution in [3.8, 4) is 0 Å². The Balaban J connectivity index is 2.00. The maximum atomic E-state index is 13.3. The van der Waals surface area contributed by atoms with Gasteiger partial charge in [-0.05, 0) is 59.5 Å². The van der Waals surface area contributed by atoms with Crippen LogP contribution in [0.2, 0.25) is 0 Å². The molecule has 0 aliphatic rings. The summed E-state index contributed by atoms with van der Waals surface area (Å²) in [5.74, 6) is -0.101. The van der Waals surface area contributed by atoms with Gasteiger partial charge in [0, 0.05) is 24.8 Å². The Morgan fingerprint density at radius 3 is 2.56 bits per heavy atom. The highest BCUT2D eigenvalue weighted by Crippen LogP contribution is 2.31. The standard InChI is InChI=1S/C20H27N5OS/c1-13(2)25-15(4)12-16(22-25)19(26)24(11-10-23(5)6)20-21-18-14(3)8-7-9-17(18)27-20/h7-9,12-13H,10-11H2,1-6H3. The first kappa shape index (κ1) is 19.5. The Kier molecular flexibility index (Phi) is 5.62. The van der Waals surface area contributed by atoms with Gasteiger partial charge in [-0.3, -0.25) is 14.4 Å². The zero-order valence-electron chi connectivity index (χ0n) is 16.9. The second-order valence-electron chi connectivity index (χ2n) is 7.39. The lowest BCUT2D eigenvalue weighted by Gasteiger charge is -2.21. The first-order valence-electron chi connectivity index (χ1n) is 9.17. The highest BCUT2D eigenvalue weighted by molar-refractivity contribution is 7.22. The molecule has 2 heterocycles. The molecule has 0 spiro atoms. The second-order valence-corrected chi connectivity index (χ2v) is 8.40. The number of hydrogen-bond donors (Lipinski definition) is 0. The number of carbonyl (C=O) groups excluding carboxylic acids is 1. The molecule has 0 aliphatic heterocycles. The normalized spacial score (nSPS) is 11.7. The van der Waals surface area contributed by atoms with Gasteiger partial charge < -0.3 is 4.90 Å². The van der Waals surface area contributed by atoms with Crippen LogP contribution in [-0.2, 0) is 0 Å². The highest BCUT2D eigenvalue weighted by atomic mass is 32.1. The molecule has 7 heteroatoms. The molecule has 0 saturated heterocycles. The minimum Gasteiger partial charge on any atom is -0.308 e. The van der Waals surface area contributed by atoms with Crippen molar-refractivity contribution in [1.82, 2.24) is 19.7 Å². The predicted octanol–water partition coefficient (Wildman–Crippen LogP) is 3.90. The maximum absolute atomic E-state index is 13.3. The molecule has 0 N–H and O–H groups in total. The van der Waals surface area contributed by atoms with Gasteiger partial charge in [-0.2, -0.15) is 5.10 Å². The third-order valence-corrected chi connectivity index (χ3v) is 5.53. The lowest BCUT2D eigenvalue weighted by atomic mass is 10.2. The van der Waals surface area contributed by atoms with E-state index in [0.717, 1.165) is 33.2 Å². The van der Waals surface area contributed by atoms with Crippen molar-refractivity contribution in [3.05, 3.63) is 41.2 Å². The summed E-state index contributed by atoms with van der Waals surface area (Å²) in [5, 5.41) is 5.27. The average molecular weight is 386 g/mol. The number of thiazole rings is 1. The number of rotatable bonds is 6. The third kappa shape index (κ3) is 4.04. The van der Waals surface area contributed by atoms with Crippen molar-refractivity contribution in [2.45, 2.75) is 33.7 Å². The summed E-state index contributed by atoms with van der Waals surface area (Å²) in [7, 11) is 4.01. The number of nitrogens with zero attached hydrogens (tertiary/aromatic N) is 5. The number of carbonyl (C=O) groups is 1. The van der Waals surface area contributed by atoms with E-state index in [-0.39, 0.29) is 11.9 Å². The lowest BCUT2D eigenvalue weighted by molar-refractivity contribution is 0.0979. The predicted molar refractivity (Wildman–Crippen MR) is 112 cm³/mol. The van der Waals surface area contributed by atoms with Crippen molar-refractivity contribution < 1.29 is 4.79 Å². The topological polar surface area (TPSA) is 54.3 Å². The van der Waals surface area contributed by atoms with Crippen LogP contribution in [0, 0.1) is 13.8 Å². The molecule has 27 heavy (non-hydrogen) atoms. The molecule has 1 aromatic carbocycles. The molecule has 3 rings (SSSR count). The number of para-hydroxylation sites is 1. The molecule has 1 amide bonds. The second kappa shape index (κ2) is 7.78. The minimum atomic E-state index is -0.101. The van der Waals surface area contributed by atoms with E-state index >= 15 is 0 Å². The van der Waals surface area contributed by atoms with Crippen molar-refractivity contribution in [2.75, 3.05) is 32.1 Å². The number of fused-ring (bicyclic) bond motifs is 1. The van der Waals surface area contributed by atoms with E-state index in [4.69, 9.17) is 4.98 Å². The molecule has 0 atom stereocenters. The van der Waals surface area contributed by atoms with Gasteiger partial charge in [-0.25, -0.2) is 4.98 Å². The summed E-state index contributed by atoms with van der Waals surface area (Å²) >= 11 is 1.55. The van der Waals surface area contributed by atoms with Crippen LogP contribution >= 0.6 is 11.3 Å². The highest BCUT2D eigenvalue weighted by Gasteiger charge is 2.24. The van der Waals surface area contributed by atoms with Crippen LogP contribution in [-0.4, -0.2) is 52.8 Å². The Morgan fingerprint density at radius 1 is 1.22 bits per heavy atom. The molecule has 0 radical (unpaired) electrons. The summed E-state index contributed by atoms with van der Waals surface area (Å²) in [6, 6.07) is 8.20. The molecule has 144 valence electrons. The number of anilines is 1. The zero-order chi connectivity index (χ0) is 19.7. The van der Waals surface area contributed by atoms with Gasteiger partial charge in [-0.1, -0.05) is 23.5 Å². The molecular formula is C20H27N5OS. The van der Waals surface area contributed by atoms with Gasteiger partial charge in [0.1, 0.15) is 0 Å². The Hall–Kier alpha value is -2.25. The van der Waals surface area contributed by atoms with Crippen molar-refractivity contribution in [1.29, 1.82) is 0 Å². The molecule has 6 nitrogen and oxygen atoms in total. The van der Waals surface area contributed by atoms with Crippen LogP contribution in [0.5, 0.6) is 0 Å². The van der Waals surface area contributed by atoms with E-state index in [1.165, 1.54) is 0 Å². The van der Waals surface area contributed by atoms with E-state index < -0.39 is 0 Å². The number of benzene rings is 1. The van der Waals surface area contributed by atoms with E-state index in [2.05, 4.69) is 29.9 Å². The number of amides is 1. The SMILES string of the molecule is Cc1cccc2sc(N(CCN(C)C)C(=O)c3cc(C)n(C(C)C)n3)nc12. The maximum Gasteiger partial charge on any atom is 0.280 e. The monoisotopic (exact) mass is 385 g/mol. The number of likely N-dealkylation sites (N-methyl/N-ethyl adjacent to an activating group) is 1. The van der Waals surface area contributed by atoms with Crippen molar-refractivity contribution >= 4 is 32.6 Å². The molecule has 0 saturated carbocycles. The van der Waals surface area contributed by atoms with Crippen LogP contribution in [0.1, 0.15) is 41.6 Å². The number of aromatic nitrogens is 3. The van der Waals surface area contributed by atoms with E-state index in [1.807, 2.05) is 50.8 Å². The smallest absolute Gasteiger partial charge is 0.280 e. The van der Waals surface area contributed by atoms with Gasteiger partial charge >= 0.3 is 0 Å². The van der Waals surface area contributed by atoms with Crippen LogP contribution in [0.3, 0.4) is 0 Å². The van der Waals surface area contributed by atoms with Gasteiger partial charge in [0.2, 0.25) is 0 Å². The van der Waals surface area contributed by atoms with E-state index in [0.29, 0.717) is 12.2 Å². The quantitative estimate of drug-likeness (QED) is 0.646. The molecular weight excluding hydrogens is 358 g/mol. The molecule has 2 aromatic heterocycles. The lowest BCUT2D eigenvalue weighted by Crippen LogP contribution is -2.37. The third-order valence-electron chi connectivity index (χ3n) is 4.49. The largest absolute Gasteiger partial charge is 0.308 e. The van der Waals surface area contributed by atoms with Crippen LogP contribution in [0.4, 0.5) is 5.13 Å². The fraction of sp³-hybridized carbons (Fsp3) is 0.450. The average Bonchev–Trinajstić information content (AvgIpc) is 3.19. The van der Waals surface area contributed by atoms with Crippen LogP contribution < -0.4 is 4.90 Å². The van der Waals surface area contributed by atoms with Crippen molar-refractivity contribution in [3.63, 3.8) is 0 Å². The molecule has 0 aliphatic carbocycles. The fourth-order valence-corrected chi connectivity index (χ4v) is 4.10. The summed E-state index contributed by atoms with van der Waals surface area (Å²) in [6.07, 6.45) is 0. The molecule has 0 unspecified atom stereocenters. The summed E-state index contributed by atoms with van der Waals surface area (Å²) in [5.41, 5.74) is 3.54. The molecule has 0 fully saturated rings. The first-order valence-corrected chi connectivity index (χ1v) is 9.98. The van der Waals surface area contributed by atoms with Gasteiger partial charge in [-0.15, -0.1) is 0 Å². The summed E-state index contributed by atoms with van der Waals surface area (Å²) in [4.78, 5) is 21.9. The van der Waals surface area contributed by atoms with Gasteiger partial charge in [0.15, 0.2) is 10.8 Å². The number of hydrogen-bond acceptors (Lipinski definition) is 5. The van der Waals surface area contributed by atoms with Crippen LogP contribution in [0.25, 0.3) is 10.2 Å². The minimum absolute atomic E-state index is 0.101. The Morgan fingerprint density at radius 2 is 1.96 bits per heavy atom. The summed E-state index contributed by atoms with van der Waals surface area (Å²) in [6.45, 7) is 9.48. The van der Waals surface area contributed by atoms with E-state index in [9.17, 15) is 4.79 Å². The Bertz CT molecular complexity index is 957.